The zero-order valence-corrected chi connectivity index (χ0v) is 24.6. The van der Waals surface area contributed by atoms with Gasteiger partial charge in [-0.2, -0.15) is 0 Å². The molecule has 0 aliphatic rings. The van der Waals surface area contributed by atoms with E-state index in [1.807, 2.05) is 23.5 Å². The predicted octanol–water partition coefficient (Wildman–Crippen LogP) is 10.8. The maximum Gasteiger partial charge on any atom is 0.0148 e. The Bertz CT molecular complexity index is 1670. The molecule has 0 aliphatic heterocycles. The number of rotatable bonds is 8. The molecule has 0 radical (unpaired) electrons. The summed E-state index contributed by atoms with van der Waals surface area (Å²) in [5, 5.41) is 5.17. The van der Waals surface area contributed by atoms with Gasteiger partial charge in [-0.1, -0.05) is 109 Å². The Morgan fingerprint density at radius 2 is 0.850 bits per heavy atom. The lowest BCUT2D eigenvalue weighted by Crippen LogP contribution is -1.89. The van der Waals surface area contributed by atoms with E-state index in [9.17, 15) is 0 Å². The van der Waals surface area contributed by atoms with Crippen LogP contribution < -0.4 is 0 Å². The second kappa shape index (κ2) is 12.2. The average molecular weight is 553 g/mol. The molecule has 2 heteroatoms. The molecule has 0 aliphatic carbocycles. The number of fused-ring (bicyclic) bond motifs is 2. The first-order chi connectivity index (χ1) is 19.7. The molecule has 0 aromatic heterocycles. The van der Waals surface area contributed by atoms with Crippen molar-refractivity contribution in [3.63, 3.8) is 0 Å². The van der Waals surface area contributed by atoms with Gasteiger partial charge in [0.2, 0.25) is 0 Å². The van der Waals surface area contributed by atoms with Gasteiger partial charge in [0.25, 0.3) is 0 Å². The number of hydrogen-bond acceptors (Lipinski definition) is 2. The fourth-order valence-corrected chi connectivity index (χ4v) is 6.58. The highest BCUT2D eigenvalue weighted by Crippen LogP contribution is 2.32. The molecule has 40 heavy (non-hydrogen) atoms. The Kier molecular flexibility index (Phi) is 8.09. The van der Waals surface area contributed by atoms with Gasteiger partial charge in [-0.3, -0.25) is 0 Å². The van der Waals surface area contributed by atoms with Crippen molar-refractivity contribution in [3.8, 4) is 0 Å². The van der Waals surface area contributed by atoms with Crippen LogP contribution in [0, 0.1) is 0 Å². The predicted molar refractivity (Wildman–Crippen MR) is 179 cm³/mol. The zero-order valence-electron chi connectivity index (χ0n) is 22.9. The summed E-state index contributed by atoms with van der Waals surface area (Å²) in [7, 11) is 0. The van der Waals surface area contributed by atoms with Gasteiger partial charge in [0.15, 0.2) is 0 Å². The molecule has 0 saturated carbocycles. The molecule has 6 aromatic rings. The Labute approximate surface area is 246 Å². The van der Waals surface area contributed by atoms with Crippen LogP contribution in [0.15, 0.2) is 131 Å². The molecule has 6 aromatic carbocycles. The molecular formula is C38H32S2. The third-order valence-electron chi connectivity index (χ3n) is 7.45. The maximum absolute atomic E-state index is 2.35. The van der Waals surface area contributed by atoms with Crippen LogP contribution in [0.3, 0.4) is 0 Å². The van der Waals surface area contributed by atoms with Crippen molar-refractivity contribution in [2.24, 2.45) is 0 Å². The summed E-state index contributed by atoms with van der Waals surface area (Å²) in [6, 6.07) is 44.5. The van der Waals surface area contributed by atoms with Crippen molar-refractivity contribution in [2.45, 2.75) is 22.6 Å². The van der Waals surface area contributed by atoms with Crippen LogP contribution in [0.2, 0.25) is 0 Å². The SMILES string of the molecule is CSc1cc2ccc(Cc3ccccc3)cc2cc1/C=C/c1cc2cc(Cc3ccccc3)ccc2cc1SC. The summed E-state index contributed by atoms with van der Waals surface area (Å²) in [6.07, 6.45) is 10.8. The van der Waals surface area contributed by atoms with Crippen molar-refractivity contribution >= 4 is 57.2 Å². The fourth-order valence-electron chi connectivity index (χ4n) is 5.36. The first-order valence-corrected chi connectivity index (χ1v) is 16.1. The zero-order chi connectivity index (χ0) is 27.3. The largest absolute Gasteiger partial charge is 0.129 e. The van der Waals surface area contributed by atoms with Crippen LogP contribution in [-0.4, -0.2) is 12.5 Å². The maximum atomic E-state index is 2.35. The summed E-state index contributed by atoms with van der Waals surface area (Å²) in [5.74, 6) is 0. The van der Waals surface area contributed by atoms with Crippen LogP contribution >= 0.6 is 23.5 Å². The molecule has 6 rings (SSSR count). The van der Waals surface area contributed by atoms with Crippen LogP contribution in [0.4, 0.5) is 0 Å². The lowest BCUT2D eigenvalue weighted by atomic mass is 9.98. The van der Waals surface area contributed by atoms with Crippen molar-refractivity contribution in [1.82, 2.24) is 0 Å². The molecule has 0 fully saturated rings. The summed E-state index contributed by atoms with van der Waals surface area (Å²) >= 11 is 3.62. The van der Waals surface area contributed by atoms with Gasteiger partial charge in [-0.25, -0.2) is 0 Å². The van der Waals surface area contributed by atoms with Crippen LogP contribution in [0.1, 0.15) is 33.4 Å². The number of hydrogen-bond donors (Lipinski definition) is 0. The van der Waals surface area contributed by atoms with E-state index in [1.165, 1.54) is 64.7 Å². The molecular weight excluding hydrogens is 521 g/mol. The molecule has 0 nitrogen and oxygen atoms in total. The van der Waals surface area contributed by atoms with Gasteiger partial charge in [-0.15, -0.1) is 23.5 Å². The van der Waals surface area contributed by atoms with E-state index in [0.29, 0.717) is 0 Å². The van der Waals surface area contributed by atoms with E-state index in [1.54, 1.807) is 0 Å². The monoisotopic (exact) mass is 552 g/mol. The smallest absolute Gasteiger partial charge is 0.0148 e. The second-order valence-electron chi connectivity index (χ2n) is 10.2. The van der Waals surface area contributed by atoms with Crippen LogP contribution in [0.25, 0.3) is 33.7 Å². The first kappa shape index (κ1) is 26.5. The highest BCUT2D eigenvalue weighted by atomic mass is 32.2. The molecule has 0 bridgehead atoms. The van der Waals surface area contributed by atoms with E-state index in [2.05, 4.69) is 146 Å². The van der Waals surface area contributed by atoms with Gasteiger partial charge in [-0.05, 0) is 105 Å². The minimum absolute atomic E-state index is 0.951. The van der Waals surface area contributed by atoms with E-state index >= 15 is 0 Å². The molecule has 0 N–H and O–H groups in total. The standard InChI is InChI=1S/C38H32S2/c1-39-37-25-31-15-13-29(19-27-9-5-3-6-10-27)21-35(31)23-33(37)17-18-34-24-36-22-30(20-28-11-7-4-8-12-28)14-16-32(36)26-38(34)40-2/h3-18,21-26H,19-20H2,1-2H3/b18-17+. The summed E-state index contributed by atoms with van der Waals surface area (Å²) in [4.78, 5) is 2.60. The van der Waals surface area contributed by atoms with Crippen molar-refractivity contribution in [1.29, 1.82) is 0 Å². The normalized spacial score (nSPS) is 11.6. The topological polar surface area (TPSA) is 0 Å². The lowest BCUT2D eigenvalue weighted by Gasteiger charge is -2.11. The lowest BCUT2D eigenvalue weighted by molar-refractivity contribution is 1.20. The molecule has 196 valence electrons. The van der Waals surface area contributed by atoms with Crippen molar-refractivity contribution < 1.29 is 0 Å². The summed E-state index contributed by atoms with van der Waals surface area (Å²) < 4.78 is 0. The van der Waals surface area contributed by atoms with Gasteiger partial charge in [0.05, 0.1) is 0 Å². The molecule has 0 unspecified atom stereocenters. The summed E-state index contributed by atoms with van der Waals surface area (Å²) in [5.41, 5.74) is 7.90. The van der Waals surface area contributed by atoms with E-state index in [-0.39, 0.29) is 0 Å². The molecule has 0 atom stereocenters. The van der Waals surface area contributed by atoms with Gasteiger partial charge < -0.3 is 0 Å². The minimum Gasteiger partial charge on any atom is -0.129 e. The van der Waals surface area contributed by atoms with E-state index in [4.69, 9.17) is 0 Å². The highest BCUT2D eigenvalue weighted by Gasteiger charge is 2.07. The second-order valence-corrected chi connectivity index (χ2v) is 11.9. The molecule has 0 amide bonds. The minimum atomic E-state index is 0.951. The third-order valence-corrected chi connectivity index (χ3v) is 9.04. The van der Waals surface area contributed by atoms with Crippen LogP contribution in [0.5, 0.6) is 0 Å². The number of benzene rings is 6. The van der Waals surface area contributed by atoms with Gasteiger partial charge in [0, 0.05) is 9.79 Å². The fraction of sp³-hybridized carbons (Fsp3) is 0.105. The molecule has 0 spiro atoms. The Morgan fingerprint density at radius 3 is 1.25 bits per heavy atom. The number of thioether (sulfide) groups is 2. The van der Waals surface area contributed by atoms with Crippen molar-refractivity contribution in [3.05, 3.63) is 155 Å². The molecule has 0 saturated heterocycles. The highest BCUT2D eigenvalue weighted by molar-refractivity contribution is 7.99. The van der Waals surface area contributed by atoms with E-state index in [0.717, 1.165) is 12.8 Å². The summed E-state index contributed by atoms with van der Waals surface area (Å²) in [6.45, 7) is 0. The van der Waals surface area contributed by atoms with Crippen molar-refractivity contribution in [2.75, 3.05) is 12.5 Å². The Hall–Kier alpha value is -3.72. The first-order valence-electron chi connectivity index (χ1n) is 13.7. The Balaban J connectivity index is 1.33. The van der Waals surface area contributed by atoms with Gasteiger partial charge in [0.1, 0.15) is 0 Å². The average Bonchev–Trinajstić information content (AvgIpc) is 3.00. The van der Waals surface area contributed by atoms with Crippen LogP contribution in [-0.2, 0) is 12.8 Å². The molecule has 0 heterocycles. The quantitative estimate of drug-likeness (QED) is 0.136. The van der Waals surface area contributed by atoms with Gasteiger partial charge >= 0.3 is 0 Å². The third kappa shape index (κ3) is 6.04. The van der Waals surface area contributed by atoms with E-state index < -0.39 is 0 Å². The Morgan fingerprint density at radius 1 is 0.425 bits per heavy atom.